The van der Waals surface area contributed by atoms with E-state index in [1.54, 1.807) is 11.3 Å². The molecule has 0 spiro atoms. The van der Waals surface area contributed by atoms with Crippen LogP contribution in [0.4, 0.5) is 5.13 Å². The summed E-state index contributed by atoms with van der Waals surface area (Å²) >= 11 is 1.72. The van der Waals surface area contributed by atoms with Crippen molar-refractivity contribution in [3.8, 4) is 0 Å². The zero-order valence-corrected chi connectivity index (χ0v) is 13.3. The number of hydrogen-bond donors (Lipinski definition) is 1. The summed E-state index contributed by atoms with van der Waals surface area (Å²) in [6.07, 6.45) is 1.05. The van der Waals surface area contributed by atoms with Gasteiger partial charge in [-0.3, -0.25) is 0 Å². The van der Waals surface area contributed by atoms with Crippen molar-refractivity contribution in [1.82, 2.24) is 10.3 Å². The van der Waals surface area contributed by atoms with Crippen LogP contribution in [0.2, 0.25) is 0 Å². The lowest BCUT2D eigenvalue weighted by Crippen LogP contribution is -2.22. The predicted octanol–water partition coefficient (Wildman–Crippen LogP) is 3.32. The lowest BCUT2D eigenvalue weighted by molar-refractivity contribution is 0.583. The fourth-order valence-corrected chi connectivity index (χ4v) is 2.72. The van der Waals surface area contributed by atoms with E-state index in [-0.39, 0.29) is 0 Å². The molecule has 1 aromatic heterocycles. The van der Waals surface area contributed by atoms with Crippen LogP contribution in [0, 0.1) is 0 Å². The number of aromatic nitrogens is 1. The fourth-order valence-electron chi connectivity index (χ4n) is 1.90. The summed E-state index contributed by atoms with van der Waals surface area (Å²) in [4.78, 5) is 6.91. The van der Waals surface area contributed by atoms with Crippen LogP contribution in [0.15, 0.2) is 35.7 Å². The average molecular weight is 289 g/mol. The van der Waals surface area contributed by atoms with E-state index in [4.69, 9.17) is 0 Å². The molecule has 0 saturated carbocycles. The van der Waals surface area contributed by atoms with E-state index in [9.17, 15) is 0 Å². The van der Waals surface area contributed by atoms with Gasteiger partial charge in [-0.25, -0.2) is 4.98 Å². The molecule has 1 N–H and O–H groups in total. The number of thiazole rings is 1. The molecule has 0 fully saturated rings. The molecule has 0 aliphatic heterocycles. The van der Waals surface area contributed by atoms with E-state index in [1.807, 2.05) is 0 Å². The summed E-state index contributed by atoms with van der Waals surface area (Å²) in [5, 5.41) is 6.64. The second-order valence-corrected chi connectivity index (χ2v) is 6.15. The summed E-state index contributed by atoms with van der Waals surface area (Å²) in [6, 6.07) is 11.1. The van der Waals surface area contributed by atoms with Crippen LogP contribution in [0.5, 0.6) is 0 Å². The Morgan fingerprint density at radius 3 is 2.70 bits per heavy atom. The van der Waals surface area contributed by atoms with E-state index >= 15 is 0 Å². The minimum absolute atomic E-state index is 0.496. The molecule has 0 amide bonds. The van der Waals surface area contributed by atoms with E-state index in [0.717, 1.165) is 30.3 Å². The highest BCUT2D eigenvalue weighted by Crippen LogP contribution is 2.19. The maximum absolute atomic E-state index is 4.68. The Hall–Kier alpha value is -1.39. The largest absolute Gasteiger partial charge is 0.351 e. The van der Waals surface area contributed by atoms with Gasteiger partial charge in [0.15, 0.2) is 5.13 Å². The van der Waals surface area contributed by atoms with Gasteiger partial charge in [0.2, 0.25) is 0 Å². The summed E-state index contributed by atoms with van der Waals surface area (Å²) in [5.41, 5.74) is 2.50. The first kappa shape index (κ1) is 15.0. The van der Waals surface area contributed by atoms with Crippen molar-refractivity contribution in [3.05, 3.63) is 47.0 Å². The lowest BCUT2D eigenvalue weighted by atomic mass is 10.1. The number of nitrogens with one attached hydrogen (secondary N) is 1. The Bertz CT molecular complexity index is 507. The molecule has 2 aromatic rings. The molecule has 20 heavy (non-hydrogen) atoms. The van der Waals surface area contributed by atoms with Crippen molar-refractivity contribution < 1.29 is 0 Å². The van der Waals surface area contributed by atoms with E-state index in [0.29, 0.717) is 6.04 Å². The molecule has 0 unspecified atom stereocenters. The lowest BCUT2D eigenvalue weighted by Gasteiger charge is -2.15. The minimum Gasteiger partial charge on any atom is -0.351 e. The van der Waals surface area contributed by atoms with Gasteiger partial charge in [-0.05, 0) is 12.0 Å². The number of anilines is 1. The smallest absolute Gasteiger partial charge is 0.185 e. The molecule has 1 aromatic carbocycles. The molecule has 0 atom stereocenters. The van der Waals surface area contributed by atoms with Gasteiger partial charge in [0, 0.05) is 31.6 Å². The van der Waals surface area contributed by atoms with Crippen LogP contribution in [0.25, 0.3) is 0 Å². The van der Waals surface area contributed by atoms with Gasteiger partial charge in [-0.2, -0.15) is 0 Å². The molecule has 0 saturated heterocycles. The topological polar surface area (TPSA) is 28.2 Å². The minimum atomic E-state index is 0.496. The number of benzene rings is 1. The first-order valence-corrected chi connectivity index (χ1v) is 7.96. The molecule has 4 heteroatoms. The van der Waals surface area contributed by atoms with Crippen LogP contribution in [0.3, 0.4) is 0 Å². The summed E-state index contributed by atoms with van der Waals surface area (Å²) in [5.74, 6) is 0. The number of hydrogen-bond acceptors (Lipinski definition) is 4. The third kappa shape index (κ3) is 4.62. The third-order valence-electron chi connectivity index (χ3n) is 3.14. The van der Waals surface area contributed by atoms with Crippen molar-refractivity contribution in [2.45, 2.75) is 32.9 Å². The van der Waals surface area contributed by atoms with Crippen molar-refractivity contribution in [2.24, 2.45) is 0 Å². The van der Waals surface area contributed by atoms with Crippen molar-refractivity contribution in [2.75, 3.05) is 18.5 Å². The molecule has 3 nitrogen and oxygen atoms in total. The third-order valence-corrected chi connectivity index (χ3v) is 4.14. The van der Waals surface area contributed by atoms with E-state index in [1.165, 1.54) is 5.56 Å². The highest BCUT2D eigenvalue weighted by atomic mass is 32.1. The van der Waals surface area contributed by atoms with Crippen molar-refractivity contribution >= 4 is 16.5 Å². The molecular weight excluding hydrogens is 266 g/mol. The molecule has 0 radical (unpaired) electrons. The molecule has 0 aliphatic rings. The van der Waals surface area contributed by atoms with Crippen LogP contribution >= 0.6 is 11.3 Å². The molecule has 0 bridgehead atoms. The van der Waals surface area contributed by atoms with Crippen LogP contribution in [0.1, 0.15) is 25.1 Å². The summed E-state index contributed by atoms with van der Waals surface area (Å²) in [7, 11) is 2.11. The highest BCUT2D eigenvalue weighted by Gasteiger charge is 2.07. The fraction of sp³-hybridized carbons (Fsp3) is 0.438. The standard InChI is InChI=1S/C16H23N3S/c1-13(2)17-11-15-12-20-16(18-15)19(3)10-9-14-7-5-4-6-8-14/h4-8,12-13,17H,9-11H2,1-3H3. The predicted molar refractivity (Wildman–Crippen MR) is 87.5 cm³/mol. The maximum Gasteiger partial charge on any atom is 0.185 e. The zero-order chi connectivity index (χ0) is 14.4. The molecule has 1 heterocycles. The van der Waals surface area contributed by atoms with E-state index in [2.05, 4.69) is 71.8 Å². The van der Waals surface area contributed by atoms with Crippen LogP contribution in [-0.2, 0) is 13.0 Å². The molecular formula is C16H23N3S. The van der Waals surface area contributed by atoms with Crippen molar-refractivity contribution in [3.63, 3.8) is 0 Å². The van der Waals surface area contributed by atoms with Gasteiger partial charge in [-0.15, -0.1) is 11.3 Å². The highest BCUT2D eigenvalue weighted by molar-refractivity contribution is 7.13. The van der Waals surface area contributed by atoms with Gasteiger partial charge in [-0.1, -0.05) is 44.2 Å². The Balaban J connectivity index is 1.84. The first-order chi connectivity index (χ1) is 9.65. The number of nitrogens with zero attached hydrogens (tertiary/aromatic N) is 2. The molecule has 108 valence electrons. The summed E-state index contributed by atoms with van der Waals surface area (Å²) < 4.78 is 0. The van der Waals surface area contributed by atoms with Crippen molar-refractivity contribution in [1.29, 1.82) is 0 Å². The van der Waals surface area contributed by atoms with Gasteiger partial charge in [0.1, 0.15) is 0 Å². The van der Waals surface area contributed by atoms with Crippen LogP contribution < -0.4 is 10.2 Å². The normalized spacial score (nSPS) is 11.0. The average Bonchev–Trinajstić information content (AvgIpc) is 2.92. The van der Waals surface area contributed by atoms with Gasteiger partial charge in [0.25, 0.3) is 0 Å². The van der Waals surface area contributed by atoms with Gasteiger partial charge < -0.3 is 10.2 Å². The second-order valence-electron chi connectivity index (χ2n) is 5.31. The maximum atomic E-state index is 4.68. The Kier molecular flexibility index (Phi) is 5.56. The SMILES string of the molecule is CC(C)NCc1csc(N(C)CCc2ccccc2)n1. The molecule has 0 aliphatic carbocycles. The number of likely N-dealkylation sites (N-methyl/N-ethyl adjacent to an activating group) is 1. The quantitative estimate of drug-likeness (QED) is 0.847. The van der Waals surface area contributed by atoms with Gasteiger partial charge in [0.05, 0.1) is 5.69 Å². The Morgan fingerprint density at radius 2 is 2.00 bits per heavy atom. The second kappa shape index (κ2) is 7.41. The zero-order valence-electron chi connectivity index (χ0n) is 12.5. The number of rotatable bonds is 7. The van der Waals surface area contributed by atoms with E-state index < -0.39 is 0 Å². The van der Waals surface area contributed by atoms with Crippen LogP contribution in [-0.4, -0.2) is 24.6 Å². The monoisotopic (exact) mass is 289 g/mol. The van der Waals surface area contributed by atoms with Gasteiger partial charge >= 0.3 is 0 Å². The molecule has 2 rings (SSSR count). The Labute approximate surface area is 125 Å². The summed E-state index contributed by atoms with van der Waals surface area (Å²) in [6.45, 7) is 6.15. The Morgan fingerprint density at radius 1 is 1.25 bits per heavy atom. The first-order valence-electron chi connectivity index (χ1n) is 7.08.